The van der Waals surface area contributed by atoms with E-state index in [1.54, 1.807) is 0 Å². The van der Waals surface area contributed by atoms with Crippen LogP contribution < -0.4 is 5.32 Å². The molecule has 0 aliphatic rings. The first kappa shape index (κ1) is 28.6. The van der Waals surface area contributed by atoms with Crippen LogP contribution in [0.2, 0.25) is 0 Å². The van der Waals surface area contributed by atoms with E-state index in [0.29, 0.717) is 6.42 Å². The summed E-state index contributed by atoms with van der Waals surface area (Å²) in [5.74, 6) is 0.237. The van der Waals surface area contributed by atoms with Crippen molar-refractivity contribution >= 4 is 16.8 Å². The Morgan fingerprint density at radius 1 is 0.897 bits per heavy atom. The van der Waals surface area contributed by atoms with Gasteiger partial charge in [-0.25, -0.2) is 0 Å². The predicted octanol–water partition coefficient (Wildman–Crippen LogP) is 7.34. The summed E-state index contributed by atoms with van der Waals surface area (Å²) in [6, 6.07) is 28.1. The Bertz CT molecular complexity index is 1300. The van der Waals surface area contributed by atoms with Crippen LogP contribution in [-0.2, 0) is 17.8 Å². The molecule has 1 amide bonds. The average molecular weight is 524 g/mol. The summed E-state index contributed by atoms with van der Waals surface area (Å²) in [7, 11) is 0. The molecule has 1 N–H and O–H groups in total. The van der Waals surface area contributed by atoms with Gasteiger partial charge in [0.15, 0.2) is 0 Å². The van der Waals surface area contributed by atoms with Crippen LogP contribution in [0.1, 0.15) is 68.2 Å². The number of aromatic nitrogens is 1. The molecule has 0 aliphatic carbocycles. The molecule has 0 spiro atoms. The summed E-state index contributed by atoms with van der Waals surface area (Å²) < 4.78 is 2.35. The number of fused-ring (bicyclic) bond motifs is 1. The third-order valence-electron chi connectivity index (χ3n) is 7.90. The number of rotatable bonds is 14. The maximum atomic E-state index is 13.4. The van der Waals surface area contributed by atoms with Crippen LogP contribution in [-0.4, -0.2) is 41.1 Å². The second kappa shape index (κ2) is 14.1. The van der Waals surface area contributed by atoms with Gasteiger partial charge in [-0.05, 0) is 81.4 Å². The molecule has 0 saturated heterocycles. The molecule has 4 aromatic rings. The first-order valence-electron chi connectivity index (χ1n) is 14.7. The van der Waals surface area contributed by atoms with Gasteiger partial charge < -0.3 is 14.8 Å². The van der Waals surface area contributed by atoms with Crippen LogP contribution in [0, 0.1) is 6.92 Å². The van der Waals surface area contributed by atoms with Gasteiger partial charge in [0.25, 0.3) is 0 Å². The van der Waals surface area contributed by atoms with E-state index in [1.807, 2.05) is 0 Å². The zero-order chi connectivity index (χ0) is 27.6. The number of benzene rings is 3. The maximum Gasteiger partial charge on any atom is 0.220 e. The molecule has 4 rings (SSSR count). The number of hydrogen-bond acceptors (Lipinski definition) is 2. The fraction of sp³-hybridized carbons (Fsp3) is 0.400. The Morgan fingerprint density at radius 3 is 2.31 bits per heavy atom. The van der Waals surface area contributed by atoms with Crippen LogP contribution in [0.3, 0.4) is 0 Å². The van der Waals surface area contributed by atoms with E-state index in [0.717, 1.165) is 45.4 Å². The van der Waals surface area contributed by atoms with Gasteiger partial charge in [0, 0.05) is 36.1 Å². The lowest BCUT2D eigenvalue weighted by atomic mass is 9.88. The van der Waals surface area contributed by atoms with Crippen LogP contribution >= 0.6 is 0 Å². The number of hydrogen-bond donors (Lipinski definition) is 1. The molecule has 0 fully saturated rings. The summed E-state index contributed by atoms with van der Waals surface area (Å²) in [6.45, 7) is 12.7. The highest BCUT2D eigenvalue weighted by Crippen LogP contribution is 2.33. The van der Waals surface area contributed by atoms with Crippen molar-refractivity contribution in [3.8, 4) is 0 Å². The highest BCUT2D eigenvalue weighted by atomic mass is 16.1. The van der Waals surface area contributed by atoms with Crippen molar-refractivity contribution in [3.05, 3.63) is 107 Å². The van der Waals surface area contributed by atoms with Gasteiger partial charge >= 0.3 is 0 Å². The first-order chi connectivity index (χ1) is 19.0. The molecule has 0 bridgehead atoms. The maximum absolute atomic E-state index is 13.4. The summed E-state index contributed by atoms with van der Waals surface area (Å²) in [4.78, 5) is 15.8. The molecule has 0 radical (unpaired) electrons. The molecule has 1 heterocycles. The van der Waals surface area contributed by atoms with Gasteiger partial charge in [0.1, 0.15) is 0 Å². The minimum atomic E-state index is 0.0967. The Balaban J connectivity index is 1.54. The topological polar surface area (TPSA) is 37.3 Å². The Kier molecular flexibility index (Phi) is 10.4. The number of nitrogens with zero attached hydrogens (tertiary/aromatic N) is 2. The van der Waals surface area contributed by atoms with Crippen molar-refractivity contribution in [2.45, 2.75) is 71.9 Å². The number of carbonyl (C=O) groups is 1. The predicted molar refractivity (Wildman–Crippen MR) is 164 cm³/mol. The fourth-order valence-corrected chi connectivity index (χ4v) is 5.60. The van der Waals surface area contributed by atoms with E-state index in [2.05, 4.69) is 128 Å². The molecule has 3 aromatic carbocycles. The molecule has 4 heteroatoms. The molecule has 206 valence electrons. The van der Waals surface area contributed by atoms with Crippen LogP contribution in [0.4, 0.5) is 0 Å². The van der Waals surface area contributed by atoms with Crippen LogP contribution in [0.25, 0.3) is 10.9 Å². The lowest BCUT2D eigenvalue weighted by Crippen LogP contribution is -2.34. The van der Waals surface area contributed by atoms with Gasteiger partial charge in [-0.15, -0.1) is 0 Å². The Morgan fingerprint density at radius 2 is 1.59 bits per heavy atom. The van der Waals surface area contributed by atoms with Gasteiger partial charge in [-0.2, -0.15) is 0 Å². The lowest BCUT2D eigenvalue weighted by Gasteiger charge is -2.21. The van der Waals surface area contributed by atoms with E-state index < -0.39 is 0 Å². The normalized spacial score (nSPS) is 13.1. The largest absolute Gasteiger partial charge is 0.354 e. The molecule has 39 heavy (non-hydrogen) atoms. The number of amides is 1. The van der Waals surface area contributed by atoms with E-state index in [1.165, 1.54) is 33.2 Å². The number of carbonyl (C=O) groups excluding carboxylic acids is 1. The number of aryl methyl sites for hydroxylation is 1. The number of para-hydroxylation sites is 1. The molecule has 0 saturated carbocycles. The molecule has 2 atom stereocenters. The number of nitrogens with one attached hydrogen (secondary N) is 1. The molecular weight excluding hydrogens is 478 g/mol. The highest BCUT2D eigenvalue weighted by molar-refractivity contribution is 5.86. The minimum Gasteiger partial charge on any atom is -0.354 e. The molecular formula is C35H45N3O. The van der Waals surface area contributed by atoms with Gasteiger partial charge in [0.2, 0.25) is 5.91 Å². The lowest BCUT2D eigenvalue weighted by molar-refractivity contribution is -0.122. The first-order valence-corrected chi connectivity index (χ1v) is 14.7. The van der Waals surface area contributed by atoms with E-state index in [4.69, 9.17) is 0 Å². The summed E-state index contributed by atoms with van der Waals surface area (Å²) in [5, 5.41) is 4.55. The van der Waals surface area contributed by atoms with Crippen molar-refractivity contribution in [2.24, 2.45) is 0 Å². The second-order valence-corrected chi connectivity index (χ2v) is 10.9. The zero-order valence-electron chi connectivity index (χ0n) is 24.2. The van der Waals surface area contributed by atoms with Gasteiger partial charge in [0.05, 0.1) is 0 Å². The third-order valence-corrected chi connectivity index (χ3v) is 7.90. The van der Waals surface area contributed by atoms with Crippen molar-refractivity contribution in [3.63, 3.8) is 0 Å². The summed E-state index contributed by atoms with van der Waals surface area (Å²) in [5.41, 5.74) is 6.29. The SMILES string of the molecule is CCN(CC)CCC[C@@H](C)NC(=O)C[C@H](Cc1ccccc1)c1cn(Cc2ccc(C)cc2)c2ccccc12. The summed E-state index contributed by atoms with van der Waals surface area (Å²) in [6.07, 6.45) is 5.71. The quantitative estimate of drug-likeness (QED) is 0.188. The van der Waals surface area contributed by atoms with Crippen molar-refractivity contribution in [1.82, 2.24) is 14.8 Å². The molecule has 1 aromatic heterocycles. The molecule has 4 nitrogen and oxygen atoms in total. The standard InChI is InChI=1S/C35H45N3O/c1-5-37(6-2)22-12-13-28(4)36-35(39)24-31(23-29-14-8-7-9-15-29)33-26-38(34-17-11-10-16-32(33)34)25-30-20-18-27(3)19-21-30/h7-11,14-21,26,28,31H,5-6,12-13,22-25H2,1-4H3,(H,36,39)/t28-,31+/m1/s1. The Hall–Kier alpha value is -3.37. The zero-order valence-corrected chi connectivity index (χ0v) is 24.2. The van der Waals surface area contributed by atoms with Crippen LogP contribution in [0.5, 0.6) is 0 Å². The third kappa shape index (κ3) is 8.06. The van der Waals surface area contributed by atoms with E-state index in [-0.39, 0.29) is 17.9 Å². The average Bonchev–Trinajstić information content (AvgIpc) is 3.31. The van der Waals surface area contributed by atoms with Crippen molar-refractivity contribution in [1.29, 1.82) is 0 Å². The van der Waals surface area contributed by atoms with E-state index in [9.17, 15) is 4.79 Å². The molecule has 0 unspecified atom stereocenters. The van der Waals surface area contributed by atoms with Gasteiger partial charge in [-0.3, -0.25) is 4.79 Å². The fourth-order valence-electron chi connectivity index (χ4n) is 5.60. The van der Waals surface area contributed by atoms with E-state index >= 15 is 0 Å². The van der Waals surface area contributed by atoms with Crippen LogP contribution in [0.15, 0.2) is 85.1 Å². The monoisotopic (exact) mass is 523 g/mol. The van der Waals surface area contributed by atoms with Crippen molar-refractivity contribution < 1.29 is 4.79 Å². The van der Waals surface area contributed by atoms with Gasteiger partial charge in [-0.1, -0.05) is 92.2 Å². The minimum absolute atomic E-state index is 0.0967. The molecule has 0 aliphatic heterocycles. The second-order valence-electron chi connectivity index (χ2n) is 10.9. The Labute approximate surface area is 235 Å². The smallest absolute Gasteiger partial charge is 0.220 e. The summed E-state index contributed by atoms with van der Waals surface area (Å²) >= 11 is 0. The highest BCUT2D eigenvalue weighted by Gasteiger charge is 2.22. The van der Waals surface area contributed by atoms with Crippen molar-refractivity contribution in [2.75, 3.05) is 19.6 Å².